The summed E-state index contributed by atoms with van der Waals surface area (Å²) in [4.78, 5) is 0. The molecule has 1 unspecified atom stereocenters. The molecule has 0 saturated carbocycles. The van der Waals surface area contributed by atoms with Crippen molar-refractivity contribution in [2.75, 3.05) is 0 Å². The van der Waals surface area contributed by atoms with Gasteiger partial charge >= 0.3 is 0 Å². The maximum absolute atomic E-state index is 6.01. The maximum Gasteiger partial charge on any atom is 0.0276 e. The molecule has 0 aliphatic rings. The number of benzene rings is 1. The highest BCUT2D eigenvalue weighted by molar-refractivity contribution is 5.49. The third-order valence-electron chi connectivity index (χ3n) is 2.30. The standard InChI is InChI=1S/C13H19N/c1-13(2,3)12(14)10-9-11-7-5-4-6-8-11/h4-10,12H,14H2,1-3H3/b10-9+. The molecule has 0 aliphatic carbocycles. The van der Waals surface area contributed by atoms with Crippen molar-refractivity contribution >= 4 is 6.08 Å². The van der Waals surface area contributed by atoms with Crippen LogP contribution in [-0.4, -0.2) is 6.04 Å². The lowest BCUT2D eigenvalue weighted by molar-refractivity contribution is 0.367. The van der Waals surface area contributed by atoms with Crippen LogP contribution in [0.25, 0.3) is 6.08 Å². The van der Waals surface area contributed by atoms with Gasteiger partial charge < -0.3 is 5.73 Å². The highest BCUT2D eigenvalue weighted by Gasteiger charge is 2.17. The second-order valence-electron chi connectivity index (χ2n) is 4.66. The van der Waals surface area contributed by atoms with Gasteiger partial charge in [0.25, 0.3) is 0 Å². The Balaban J connectivity index is 2.66. The van der Waals surface area contributed by atoms with E-state index in [-0.39, 0.29) is 11.5 Å². The Kier molecular flexibility index (Phi) is 3.48. The lowest BCUT2D eigenvalue weighted by Gasteiger charge is -2.23. The first-order chi connectivity index (χ1) is 6.50. The third-order valence-corrected chi connectivity index (χ3v) is 2.30. The van der Waals surface area contributed by atoms with Crippen LogP contribution in [0.2, 0.25) is 0 Å². The molecule has 0 spiro atoms. The largest absolute Gasteiger partial charge is 0.324 e. The molecule has 1 aromatic rings. The summed E-state index contributed by atoms with van der Waals surface area (Å²) in [6.07, 6.45) is 4.14. The zero-order valence-electron chi connectivity index (χ0n) is 9.20. The van der Waals surface area contributed by atoms with Gasteiger partial charge in [0.1, 0.15) is 0 Å². The monoisotopic (exact) mass is 189 g/mol. The molecule has 14 heavy (non-hydrogen) atoms. The van der Waals surface area contributed by atoms with E-state index >= 15 is 0 Å². The van der Waals surface area contributed by atoms with Crippen LogP contribution >= 0.6 is 0 Å². The van der Waals surface area contributed by atoms with Crippen LogP contribution < -0.4 is 5.73 Å². The third kappa shape index (κ3) is 3.35. The van der Waals surface area contributed by atoms with Gasteiger partial charge in [0, 0.05) is 6.04 Å². The van der Waals surface area contributed by atoms with Crippen molar-refractivity contribution in [2.24, 2.45) is 11.1 Å². The van der Waals surface area contributed by atoms with E-state index in [4.69, 9.17) is 5.73 Å². The molecule has 0 aromatic heterocycles. The summed E-state index contributed by atoms with van der Waals surface area (Å²) in [6, 6.07) is 10.3. The van der Waals surface area contributed by atoms with Crippen molar-refractivity contribution in [1.29, 1.82) is 0 Å². The summed E-state index contributed by atoms with van der Waals surface area (Å²) < 4.78 is 0. The van der Waals surface area contributed by atoms with Crippen molar-refractivity contribution in [3.63, 3.8) is 0 Å². The van der Waals surface area contributed by atoms with E-state index in [1.165, 1.54) is 5.56 Å². The van der Waals surface area contributed by atoms with Gasteiger partial charge in [-0.25, -0.2) is 0 Å². The molecule has 1 nitrogen and oxygen atoms in total. The lowest BCUT2D eigenvalue weighted by atomic mass is 9.87. The predicted octanol–water partition coefficient (Wildman–Crippen LogP) is 3.07. The normalized spacial score (nSPS) is 14.6. The lowest BCUT2D eigenvalue weighted by Crippen LogP contribution is -2.32. The van der Waals surface area contributed by atoms with Crippen LogP contribution in [0.3, 0.4) is 0 Å². The fraction of sp³-hybridized carbons (Fsp3) is 0.385. The Bertz CT molecular complexity index is 293. The van der Waals surface area contributed by atoms with Gasteiger partial charge in [-0.15, -0.1) is 0 Å². The SMILES string of the molecule is CC(C)(C)C(N)/C=C/c1ccccc1. The van der Waals surface area contributed by atoms with Crippen LogP contribution in [0.4, 0.5) is 0 Å². The van der Waals surface area contributed by atoms with E-state index in [9.17, 15) is 0 Å². The molecule has 0 bridgehead atoms. The van der Waals surface area contributed by atoms with Gasteiger partial charge in [-0.05, 0) is 11.0 Å². The average Bonchev–Trinajstić information content (AvgIpc) is 2.14. The fourth-order valence-corrected chi connectivity index (χ4v) is 1.07. The molecule has 1 rings (SSSR count). The van der Waals surface area contributed by atoms with Gasteiger partial charge in [-0.1, -0.05) is 63.3 Å². The molecule has 1 aromatic carbocycles. The molecular weight excluding hydrogens is 170 g/mol. The summed E-state index contributed by atoms with van der Waals surface area (Å²) >= 11 is 0. The van der Waals surface area contributed by atoms with Crippen molar-refractivity contribution in [1.82, 2.24) is 0 Å². The van der Waals surface area contributed by atoms with E-state index in [1.807, 2.05) is 18.2 Å². The molecule has 0 saturated heterocycles. The summed E-state index contributed by atoms with van der Waals surface area (Å²) in [6.45, 7) is 6.44. The second kappa shape index (κ2) is 4.43. The highest BCUT2D eigenvalue weighted by Crippen LogP contribution is 2.18. The van der Waals surface area contributed by atoms with E-state index in [2.05, 4.69) is 45.1 Å². The molecule has 0 fully saturated rings. The Morgan fingerprint density at radius 2 is 1.71 bits per heavy atom. The molecule has 76 valence electrons. The average molecular weight is 189 g/mol. The van der Waals surface area contributed by atoms with Crippen molar-refractivity contribution in [2.45, 2.75) is 26.8 Å². The first-order valence-electron chi connectivity index (χ1n) is 4.99. The topological polar surface area (TPSA) is 26.0 Å². The van der Waals surface area contributed by atoms with E-state index < -0.39 is 0 Å². The molecule has 0 aliphatic heterocycles. The van der Waals surface area contributed by atoms with Crippen molar-refractivity contribution < 1.29 is 0 Å². The fourth-order valence-electron chi connectivity index (χ4n) is 1.07. The van der Waals surface area contributed by atoms with Gasteiger partial charge in [-0.3, -0.25) is 0 Å². The Morgan fingerprint density at radius 3 is 2.21 bits per heavy atom. The highest BCUT2D eigenvalue weighted by atomic mass is 14.7. The molecule has 1 atom stereocenters. The van der Waals surface area contributed by atoms with Crippen molar-refractivity contribution in [3.8, 4) is 0 Å². The minimum Gasteiger partial charge on any atom is -0.324 e. The van der Waals surface area contributed by atoms with Crippen LogP contribution in [-0.2, 0) is 0 Å². The smallest absolute Gasteiger partial charge is 0.0276 e. The van der Waals surface area contributed by atoms with Gasteiger partial charge in [0.05, 0.1) is 0 Å². The zero-order valence-corrected chi connectivity index (χ0v) is 9.20. The van der Waals surface area contributed by atoms with Crippen LogP contribution in [0.1, 0.15) is 26.3 Å². The predicted molar refractivity (Wildman–Crippen MR) is 62.9 cm³/mol. The second-order valence-corrected chi connectivity index (χ2v) is 4.66. The van der Waals surface area contributed by atoms with E-state index in [0.717, 1.165) is 0 Å². The van der Waals surface area contributed by atoms with Crippen LogP contribution in [0.15, 0.2) is 36.4 Å². The number of hydrogen-bond acceptors (Lipinski definition) is 1. The van der Waals surface area contributed by atoms with E-state index in [1.54, 1.807) is 0 Å². The van der Waals surface area contributed by atoms with Gasteiger partial charge in [0.2, 0.25) is 0 Å². The minimum absolute atomic E-state index is 0.0997. The van der Waals surface area contributed by atoms with E-state index in [0.29, 0.717) is 0 Å². The summed E-state index contributed by atoms with van der Waals surface area (Å²) in [5.74, 6) is 0. The summed E-state index contributed by atoms with van der Waals surface area (Å²) in [5.41, 5.74) is 7.34. The molecule has 2 N–H and O–H groups in total. The maximum atomic E-state index is 6.01. The Hall–Kier alpha value is -1.08. The van der Waals surface area contributed by atoms with Crippen LogP contribution in [0, 0.1) is 5.41 Å². The Labute approximate surface area is 86.6 Å². The zero-order chi connectivity index (χ0) is 10.6. The number of nitrogens with two attached hydrogens (primary N) is 1. The van der Waals surface area contributed by atoms with Crippen LogP contribution in [0.5, 0.6) is 0 Å². The van der Waals surface area contributed by atoms with Gasteiger partial charge in [0.15, 0.2) is 0 Å². The molecular formula is C13H19N. The molecule has 1 heteroatoms. The molecule has 0 heterocycles. The van der Waals surface area contributed by atoms with Crippen molar-refractivity contribution in [3.05, 3.63) is 42.0 Å². The Morgan fingerprint density at radius 1 is 1.14 bits per heavy atom. The summed E-state index contributed by atoms with van der Waals surface area (Å²) in [5, 5.41) is 0. The first kappa shape index (κ1) is 11.0. The quantitative estimate of drug-likeness (QED) is 0.760. The number of rotatable bonds is 2. The van der Waals surface area contributed by atoms with Gasteiger partial charge in [-0.2, -0.15) is 0 Å². The number of hydrogen-bond donors (Lipinski definition) is 1. The summed E-state index contributed by atoms with van der Waals surface area (Å²) in [7, 11) is 0. The minimum atomic E-state index is 0.0997. The molecule has 0 radical (unpaired) electrons. The molecule has 0 amide bonds. The first-order valence-corrected chi connectivity index (χ1v) is 4.99.